The number of rotatable bonds is 13. The minimum absolute atomic E-state index is 0.00660. The van der Waals surface area contributed by atoms with Crippen molar-refractivity contribution in [3.63, 3.8) is 0 Å². The number of aromatic amines is 1. The monoisotopic (exact) mass is 888 g/mol. The minimum Gasteiger partial charge on any atom is -0.456 e. The standard InChI is InChI=1S/C49H53ClN6O6S/c1-34-29-41(11-14-45(34)52-32-35-16-25-60-26-17-35)63(58,59)53-49(57)44-13-10-40(31-48(44)62-47-4-2-3-46-43(47)15-18-51-46)55-21-19-54(20-22-55)33-37-30-39(56-23-27-61-28-24-56)9-12-42(37)36-5-7-38(50)8-6-36/h2-15,18,29-31,35,51-52H,16-17,19-28,32-33H2,1H3,(H,53,57). The van der Waals surface area contributed by atoms with E-state index in [0.29, 0.717) is 16.7 Å². The number of nitrogens with one attached hydrogen (secondary N) is 3. The first-order chi connectivity index (χ1) is 30.7. The van der Waals surface area contributed by atoms with Crippen molar-refractivity contribution in [2.24, 2.45) is 5.92 Å². The molecule has 6 aromatic rings. The largest absolute Gasteiger partial charge is 0.456 e. The van der Waals surface area contributed by atoms with E-state index in [4.69, 9.17) is 25.8 Å². The number of ether oxygens (including phenoxy) is 3. The lowest BCUT2D eigenvalue weighted by Crippen LogP contribution is -2.46. The lowest BCUT2D eigenvalue weighted by atomic mass is 9.98. The third kappa shape index (κ3) is 9.98. The van der Waals surface area contributed by atoms with E-state index in [1.165, 1.54) is 22.9 Å². The first kappa shape index (κ1) is 42.7. The Labute approximate surface area is 374 Å². The molecule has 0 spiro atoms. The molecule has 3 saturated heterocycles. The fourth-order valence-electron chi connectivity index (χ4n) is 8.73. The summed E-state index contributed by atoms with van der Waals surface area (Å²) in [5.41, 5.74) is 8.26. The van der Waals surface area contributed by atoms with E-state index in [9.17, 15) is 13.2 Å². The maximum atomic E-state index is 14.0. The molecule has 0 bridgehead atoms. The number of sulfonamides is 1. The Morgan fingerprint density at radius 3 is 2.30 bits per heavy atom. The van der Waals surface area contributed by atoms with Crippen LogP contribution in [0.25, 0.3) is 22.0 Å². The highest BCUT2D eigenvalue weighted by atomic mass is 35.5. The quantitative estimate of drug-likeness (QED) is 0.104. The van der Waals surface area contributed by atoms with Gasteiger partial charge < -0.3 is 34.3 Å². The third-order valence-corrected chi connectivity index (χ3v) is 14.0. The number of nitrogens with zero attached hydrogens (tertiary/aromatic N) is 3. The normalized spacial score (nSPS) is 16.6. The van der Waals surface area contributed by atoms with E-state index in [2.05, 4.69) is 60.1 Å². The van der Waals surface area contributed by atoms with Crippen molar-refractivity contribution >= 4 is 55.5 Å². The molecule has 5 aromatic carbocycles. The number of anilines is 3. The molecule has 3 aliphatic heterocycles. The number of carbonyl (C=O) groups excluding carboxylic acids is 1. The molecule has 0 atom stereocenters. The fourth-order valence-corrected chi connectivity index (χ4v) is 9.91. The van der Waals surface area contributed by atoms with Gasteiger partial charge in [-0.2, -0.15) is 0 Å². The van der Waals surface area contributed by atoms with Gasteiger partial charge in [0.05, 0.1) is 23.7 Å². The summed E-state index contributed by atoms with van der Waals surface area (Å²) in [6.07, 6.45) is 3.82. The summed E-state index contributed by atoms with van der Waals surface area (Å²) < 4.78 is 47.5. The van der Waals surface area contributed by atoms with Crippen LogP contribution in [0.2, 0.25) is 5.02 Å². The summed E-state index contributed by atoms with van der Waals surface area (Å²) in [4.78, 5) is 24.4. The van der Waals surface area contributed by atoms with Crippen LogP contribution in [0.4, 0.5) is 17.1 Å². The summed E-state index contributed by atoms with van der Waals surface area (Å²) in [5.74, 6) is 0.523. The molecule has 0 unspecified atom stereocenters. The predicted octanol–water partition coefficient (Wildman–Crippen LogP) is 8.71. The van der Waals surface area contributed by atoms with E-state index in [0.717, 1.165) is 125 Å². The lowest BCUT2D eigenvalue weighted by Gasteiger charge is -2.37. The number of amides is 1. The van der Waals surface area contributed by atoms with Crippen LogP contribution in [-0.2, 0) is 26.0 Å². The number of carbonyl (C=O) groups is 1. The molecule has 14 heteroatoms. The Morgan fingerprint density at radius 1 is 0.794 bits per heavy atom. The molecule has 3 aliphatic rings. The van der Waals surface area contributed by atoms with E-state index in [-0.39, 0.29) is 16.2 Å². The molecule has 12 nitrogen and oxygen atoms in total. The number of morpholine rings is 1. The Bertz CT molecular complexity index is 2670. The van der Waals surface area contributed by atoms with E-state index < -0.39 is 15.9 Å². The average molecular weight is 890 g/mol. The number of hydrogen-bond acceptors (Lipinski definition) is 10. The molecule has 0 aliphatic carbocycles. The highest BCUT2D eigenvalue weighted by molar-refractivity contribution is 7.90. The van der Waals surface area contributed by atoms with Crippen molar-refractivity contribution in [3.8, 4) is 22.6 Å². The van der Waals surface area contributed by atoms with Crippen molar-refractivity contribution in [2.75, 3.05) is 87.4 Å². The fraction of sp³-hybridized carbons (Fsp3) is 0.327. The summed E-state index contributed by atoms with van der Waals surface area (Å²) in [6.45, 7) is 11.2. The Morgan fingerprint density at radius 2 is 1.52 bits per heavy atom. The summed E-state index contributed by atoms with van der Waals surface area (Å²) in [7, 11) is -4.23. The topological polar surface area (TPSA) is 128 Å². The zero-order valence-corrected chi connectivity index (χ0v) is 37.0. The van der Waals surface area contributed by atoms with Gasteiger partial charge in [-0.25, -0.2) is 13.1 Å². The van der Waals surface area contributed by atoms with Crippen molar-refractivity contribution < 1.29 is 27.4 Å². The van der Waals surface area contributed by atoms with E-state index in [1.54, 1.807) is 18.2 Å². The van der Waals surface area contributed by atoms with E-state index in [1.807, 2.05) is 61.7 Å². The van der Waals surface area contributed by atoms with Crippen molar-refractivity contribution in [1.82, 2.24) is 14.6 Å². The van der Waals surface area contributed by atoms with Gasteiger partial charge in [-0.1, -0.05) is 35.9 Å². The molecule has 328 valence electrons. The van der Waals surface area contributed by atoms with Gasteiger partial charge >= 0.3 is 0 Å². The first-order valence-electron chi connectivity index (χ1n) is 21.7. The molecule has 63 heavy (non-hydrogen) atoms. The van der Waals surface area contributed by atoms with Gasteiger partial charge in [-0.05, 0) is 121 Å². The van der Waals surface area contributed by atoms with Gasteiger partial charge in [0.15, 0.2) is 0 Å². The molecular formula is C49H53ClN6O6S. The average Bonchev–Trinajstić information content (AvgIpc) is 3.80. The summed E-state index contributed by atoms with van der Waals surface area (Å²) in [6, 6.07) is 32.6. The van der Waals surface area contributed by atoms with Crippen LogP contribution < -0.4 is 24.6 Å². The number of hydrogen-bond donors (Lipinski definition) is 3. The SMILES string of the molecule is Cc1cc(S(=O)(=O)NC(=O)c2ccc(N3CCN(Cc4cc(N5CCOCC5)ccc4-c4ccc(Cl)cc4)CC3)cc2Oc2cccc3[nH]ccc23)ccc1NCC1CCOCC1. The van der Waals surface area contributed by atoms with Crippen LogP contribution in [0, 0.1) is 12.8 Å². The van der Waals surface area contributed by atoms with Gasteiger partial charge in [0, 0.05) is 111 Å². The maximum Gasteiger partial charge on any atom is 0.268 e. The van der Waals surface area contributed by atoms with Gasteiger partial charge in [0.25, 0.3) is 15.9 Å². The Hall–Kier alpha value is -5.57. The second-order valence-corrected chi connectivity index (χ2v) is 18.7. The van der Waals surface area contributed by atoms with Gasteiger partial charge in [0.2, 0.25) is 0 Å². The number of H-pyrrole nitrogens is 1. The zero-order chi connectivity index (χ0) is 43.3. The smallest absolute Gasteiger partial charge is 0.268 e. The number of fused-ring (bicyclic) bond motifs is 1. The third-order valence-electron chi connectivity index (χ3n) is 12.4. The predicted molar refractivity (Wildman–Crippen MR) is 250 cm³/mol. The van der Waals surface area contributed by atoms with Crippen molar-refractivity contribution in [2.45, 2.75) is 31.2 Å². The number of aryl methyl sites for hydroxylation is 1. The summed E-state index contributed by atoms with van der Waals surface area (Å²) in [5, 5.41) is 5.01. The molecule has 4 heterocycles. The molecule has 3 N–H and O–H groups in total. The van der Waals surface area contributed by atoms with Gasteiger partial charge in [-0.15, -0.1) is 0 Å². The highest BCUT2D eigenvalue weighted by Crippen LogP contribution is 2.36. The second-order valence-electron chi connectivity index (χ2n) is 16.5. The molecule has 3 fully saturated rings. The molecule has 1 aromatic heterocycles. The van der Waals surface area contributed by atoms with Crippen LogP contribution in [0.5, 0.6) is 11.5 Å². The van der Waals surface area contributed by atoms with Crippen molar-refractivity contribution in [3.05, 3.63) is 131 Å². The number of piperazine rings is 1. The molecule has 0 radical (unpaired) electrons. The number of benzene rings is 5. The molecule has 1 amide bonds. The van der Waals surface area contributed by atoms with Gasteiger partial charge in [-0.3, -0.25) is 9.69 Å². The van der Waals surface area contributed by atoms with Crippen LogP contribution in [0.3, 0.4) is 0 Å². The van der Waals surface area contributed by atoms with E-state index >= 15 is 0 Å². The molecule has 0 saturated carbocycles. The van der Waals surface area contributed by atoms with Crippen LogP contribution >= 0.6 is 11.6 Å². The maximum absolute atomic E-state index is 14.0. The van der Waals surface area contributed by atoms with Crippen molar-refractivity contribution in [1.29, 1.82) is 0 Å². The lowest BCUT2D eigenvalue weighted by molar-refractivity contribution is 0.0699. The van der Waals surface area contributed by atoms with Gasteiger partial charge in [0.1, 0.15) is 11.5 Å². The number of aromatic nitrogens is 1. The molecule has 9 rings (SSSR count). The first-order valence-corrected chi connectivity index (χ1v) is 23.6. The minimum atomic E-state index is -4.23. The van der Waals surface area contributed by atoms with Crippen LogP contribution in [0.1, 0.15) is 34.3 Å². The number of halogens is 1. The van der Waals surface area contributed by atoms with Crippen LogP contribution in [0.15, 0.2) is 114 Å². The zero-order valence-electron chi connectivity index (χ0n) is 35.4. The Kier molecular flexibility index (Phi) is 12.9. The molecular weight excluding hydrogens is 836 g/mol. The second kappa shape index (κ2) is 19.0. The Balaban J connectivity index is 0.927. The summed E-state index contributed by atoms with van der Waals surface area (Å²) >= 11 is 6.27. The highest BCUT2D eigenvalue weighted by Gasteiger charge is 2.26. The van der Waals surface area contributed by atoms with Crippen LogP contribution in [-0.4, -0.2) is 96.4 Å².